The van der Waals surface area contributed by atoms with Crippen LogP contribution in [0.15, 0.2) is 61.3 Å². The van der Waals surface area contributed by atoms with E-state index in [2.05, 4.69) is 63.9 Å². The maximum Gasteiger partial charge on any atom is 0.0667 e. The fourth-order valence-electron chi connectivity index (χ4n) is 4.96. The van der Waals surface area contributed by atoms with Crippen molar-refractivity contribution in [1.82, 2.24) is 10.2 Å². The lowest BCUT2D eigenvalue weighted by molar-refractivity contribution is 0.247. The fraction of sp³-hybridized carbons (Fsp3) is 0.407. The second-order valence-electron chi connectivity index (χ2n) is 9.26. The normalized spacial score (nSPS) is 21.0. The van der Waals surface area contributed by atoms with Crippen molar-refractivity contribution in [3.8, 4) is 0 Å². The van der Waals surface area contributed by atoms with Crippen LogP contribution in [0.1, 0.15) is 42.9 Å². The first-order valence-corrected chi connectivity index (χ1v) is 12.2. The number of benzene rings is 2. The largest absolute Gasteiger partial charge is 0.371 e. The number of hydrogen-bond acceptors (Lipinski definition) is 4. The number of nitrogens with one attached hydrogen (secondary N) is 2. The lowest BCUT2D eigenvalue weighted by Gasteiger charge is -2.40. The van der Waals surface area contributed by atoms with Gasteiger partial charge in [-0.05, 0) is 67.5 Å². The minimum absolute atomic E-state index is 0.243. The summed E-state index contributed by atoms with van der Waals surface area (Å²) >= 11 is 6.15. The highest BCUT2D eigenvalue weighted by molar-refractivity contribution is 6.30. The monoisotopic (exact) mass is 448 g/mol. The second-order valence-corrected chi connectivity index (χ2v) is 9.70. The van der Waals surface area contributed by atoms with Gasteiger partial charge in [0, 0.05) is 66.1 Å². The molecule has 0 spiro atoms. The molecule has 168 valence electrons. The molecule has 2 aromatic rings. The molecule has 0 amide bonds. The van der Waals surface area contributed by atoms with Crippen LogP contribution in [0.3, 0.4) is 0 Å². The Morgan fingerprint density at radius 3 is 2.47 bits per heavy atom. The van der Waals surface area contributed by atoms with Gasteiger partial charge in [-0.15, -0.1) is 0 Å². The van der Waals surface area contributed by atoms with Crippen molar-refractivity contribution in [1.29, 1.82) is 0 Å². The standard InChI is InChI=1S/C27H33ClN4/c1-19(21-5-6-21)30-24-11-12-25(26(17-24)31-14-3-4-15-31)20(2)32-16-13-29-18-27(32)22-7-9-23(28)10-8-22/h7-12,17,21,27,29-30H,1-6,13-16,18H2. The predicted molar refractivity (Wildman–Crippen MR) is 136 cm³/mol. The highest BCUT2D eigenvalue weighted by Crippen LogP contribution is 2.39. The number of piperazine rings is 1. The summed E-state index contributed by atoms with van der Waals surface area (Å²) < 4.78 is 0. The van der Waals surface area contributed by atoms with E-state index < -0.39 is 0 Å². The van der Waals surface area contributed by atoms with Gasteiger partial charge in [-0.25, -0.2) is 0 Å². The molecular formula is C27H33ClN4. The summed E-state index contributed by atoms with van der Waals surface area (Å²) in [6, 6.07) is 15.2. The van der Waals surface area contributed by atoms with E-state index in [4.69, 9.17) is 11.6 Å². The van der Waals surface area contributed by atoms with Gasteiger partial charge in [-0.3, -0.25) is 0 Å². The molecule has 0 bridgehead atoms. The number of nitrogens with zero attached hydrogens (tertiary/aromatic N) is 2. The molecule has 0 aromatic heterocycles. The van der Waals surface area contributed by atoms with E-state index in [0.717, 1.165) is 54.8 Å². The van der Waals surface area contributed by atoms with Gasteiger partial charge in [-0.1, -0.05) is 36.9 Å². The quantitative estimate of drug-likeness (QED) is 0.552. The molecule has 0 radical (unpaired) electrons. The molecule has 4 nitrogen and oxygen atoms in total. The van der Waals surface area contributed by atoms with E-state index in [-0.39, 0.29) is 6.04 Å². The molecule has 2 aromatic carbocycles. The Morgan fingerprint density at radius 2 is 1.75 bits per heavy atom. The molecule has 5 rings (SSSR count). The SMILES string of the molecule is C=C(Nc1ccc(C(=C)N2CCNCC2c2ccc(Cl)cc2)c(N2CCCC2)c1)C1CC1. The summed E-state index contributed by atoms with van der Waals surface area (Å²) in [5.41, 5.74) is 7.17. The summed E-state index contributed by atoms with van der Waals surface area (Å²) in [4.78, 5) is 4.98. The van der Waals surface area contributed by atoms with Gasteiger partial charge in [-0.2, -0.15) is 0 Å². The third kappa shape index (κ3) is 4.53. The Balaban J connectivity index is 1.45. The molecule has 2 saturated heterocycles. The number of hydrogen-bond donors (Lipinski definition) is 2. The van der Waals surface area contributed by atoms with Crippen LogP contribution >= 0.6 is 11.6 Å². The van der Waals surface area contributed by atoms with E-state index in [1.54, 1.807) is 0 Å². The van der Waals surface area contributed by atoms with Gasteiger partial charge < -0.3 is 20.4 Å². The Bertz CT molecular complexity index is 989. The van der Waals surface area contributed by atoms with Crippen LogP contribution in [0.2, 0.25) is 5.02 Å². The first-order valence-electron chi connectivity index (χ1n) is 11.9. The van der Waals surface area contributed by atoms with Crippen molar-refractivity contribution in [3.05, 3.63) is 77.5 Å². The van der Waals surface area contributed by atoms with Gasteiger partial charge in [0.25, 0.3) is 0 Å². The highest BCUT2D eigenvalue weighted by Gasteiger charge is 2.28. The minimum atomic E-state index is 0.243. The molecule has 32 heavy (non-hydrogen) atoms. The van der Waals surface area contributed by atoms with E-state index in [1.807, 2.05) is 12.1 Å². The third-order valence-corrected chi connectivity index (χ3v) is 7.23. The van der Waals surface area contributed by atoms with Crippen LogP contribution < -0.4 is 15.5 Å². The number of anilines is 2. The third-order valence-electron chi connectivity index (χ3n) is 6.98. The van der Waals surface area contributed by atoms with Gasteiger partial charge in [0.05, 0.1) is 6.04 Å². The molecule has 3 aliphatic rings. The van der Waals surface area contributed by atoms with Crippen molar-refractivity contribution in [3.63, 3.8) is 0 Å². The van der Waals surface area contributed by atoms with Crippen LogP contribution in [0.25, 0.3) is 5.70 Å². The van der Waals surface area contributed by atoms with Gasteiger partial charge in [0.1, 0.15) is 0 Å². The van der Waals surface area contributed by atoms with Crippen molar-refractivity contribution >= 4 is 28.7 Å². The van der Waals surface area contributed by atoms with Crippen molar-refractivity contribution in [2.24, 2.45) is 5.92 Å². The predicted octanol–water partition coefficient (Wildman–Crippen LogP) is 5.89. The molecule has 2 heterocycles. The van der Waals surface area contributed by atoms with Crippen LogP contribution in [-0.2, 0) is 0 Å². The number of allylic oxidation sites excluding steroid dienone is 1. The topological polar surface area (TPSA) is 30.5 Å². The molecular weight excluding hydrogens is 416 g/mol. The molecule has 1 unspecified atom stereocenters. The smallest absolute Gasteiger partial charge is 0.0667 e. The average molecular weight is 449 g/mol. The zero-order valence-electron chi connectivity index (χ0n) is 18.7. The van der Waals surface area contributed by atoms with Crippen LogP contribution in [0.5, 0.6) is 0 Å². The van der Waals surface area contributed by atoms with Gasteiger partial charge in [0.2, 0.25) is 0 Å². The Labute approximate surface area is 196 Å². The Hall–Kier alpha value is -2.43. The highest BCUT2D eigenvalue weighted by atomic mass is 35.5. The zero-order chi connectivity index (χ0) is 22.1. The van der Waals surface area contributed by atoms with E-state index >= 15 is 0 Å². The summed E-state index contributed by atoms with van der Waals surface area (Å²) in [7, 11) is 0. The van der Waals surface area contributed by atoms with Gasteiger partial charge in [0.15, 0.2) is 0 Å². The fourth-order valence-corrected chi connectivity index (χ4v) is 5.08. The first kappa shape index (κ1) is 21.4. The van der Waals surface area contributed by atoms with Crippen LogP contribution in [0, 0.1) is 5.92 Å². The molecule has 2 N–H and O–H groups in total. The zero-order valence-corrected chi connectivity index (χ0v) is 19.5. The summed E-state index contributed by atoms with van der Waals surface area (Å²) in [5.74, 6) is 0.640. The minimum Gasteiger partial charge on any atom is -0.371 e. The molecule has 3 fully saturated rings. The first-order chi connectivity index (χ1) is 15.6. The molecule has 1 atom stereocenters. The summed E-state index contributed by atoms with van der Waals surface area (Å²) in [5, 5.41) is 7.89. The number of rotatable bonds is 7. The molecule has 1 aliphatic carbocycles. The van der Waals surface area contributed by atoms with E-state index in [0.29, 0.717) is 5.92 Å². The lowest BCUT2D eigenvalue weighted by atomic mass is 9.99. The van der Waals surface area contributed by atoms with E-state index in [9.17, 15) is 0 Å². The van der Waals surface area contributed by atoms with Crippen molar-refractivity contribution < 1.29 is 0 Å². The number of halogens is 1. The van der Waals surface area contributed by atoms with Crippen molar-refractivity contribution in [2.45, 2.75) is 31.7 Å². The lowest BCUT2D eigenvalue weighted by Crippen LogP contribution is -2.44. The second kappa shape index (κ2) is 9.21. The maximum atomic E-state index is 6.15. The summed E-state index contributed by atoms with van der Waals surface area (Å²) in [6.45, 7) is 13.9. The van der Waals surface area contributed by atoms with Crippen LogP contribution in [0.4, 0.5) is 11.4 Å². The molecule has 5 heteroatoms. The molecule has 2 aliphatic heterocycles. The maximum absolute atomic E-state index is 6.15. The average Bonchev–Trinajstić information content (AvgIpc) is 3.53. The Kier molecular flexibility index (Phi) is 6.16. The van der Waals surface area contributed by atoms with Crippen LogP contribution in [-0.4, -0.2) is 37.6 Å². The Morgan fingerprint density at radius 1 is 1.00 bits per heavy atom. The van der Waals surface area contributed by atoms with E-state index in [1.165, 1.54) is 42.5 Å². The summed E-state index contributed by atoms with van der Waals surface area (Å²) in [6.07, 6.45) is 5.02. The van der Waals surface area contributed by atoms with Gasteiger partial charge >= 0.3 is 0 Å². The van der Waals surface area contributed by atoms with Crippen molar-refractivity contribution in [2.75, 3.05) is 42.9 Å². The molecule has 1 saturated carbocycles.